The first-order valence-corrected chi connectivity index (χ1v) is 4.47. The highest BCUT2D eigenvalue weighted by Gasteiger charge is 2.09. The molecule has 0 fully saturated rings. The molecule has 0 aromatic carbocycles. The lowest BCUT2D eigenvalue weighted by atomic mass is 10.5. The van der Waals surface area contributed by atoms with Crippen LogP contribution in [-0.4, -0.2) is 9.38 Å². The highest BCUT2D eigenvalue weighted by Crippen LogP contribution is 2.24. The van der Waals surface area contributed by atoms with Crippen molar-refractivity contribution < 1.29 is 4.39 Å². The minimum atomic E-state index is -0.723. The first kappa shape index (κ1) is 8.78. The average Bonchev–Trinajstić information content (AvgIpc) is 2.49. The van der Waals surface area contributed by atoms with E-state index < -0.39 is 4.84 Å². The van der Waals surface area contributed by atoms with Gasteiger partial charge in [0.05, 0.1) is 5.69 Å². The third kappa shape index (κ3) is 1.49. The Hall–Kier alpha value is -0.800. The standard InChI is InChI=1S/C8H5Cl2FN2/c9-8(10)5-4-13-6(11)2-1-3-7(13)12-5/h1-4,8H. The summed E-state index contributed by atoms with van der Waals surface area (Å²) in [6, 6.07) is 4.61. The van der Waals surface area contributed by atoms with E-state index in [1.165, 1.54) is 16.7 Å². The van der Waals surface area contributed by atoms with Gasteiger partial charge in [-0.1, -0.05) is 29.3 Å². The molecule has 0 saturated carbocycles. The molecule has 0 aliphatic carbocycles. The number of halogens is 3. The molecule has 13 heavy (non-hydrogen) atoms. The number of fused-ring (bicyclic) bond motifs is 1. The summed E-state index contributed by atoms with van der Waals surface area (Å²) in [7, 11) is 0. The van der Waals surface area contributed by atoms with Gasteiger partial charge >= 0.3 is 0 Å². The third-order valence-electron chi connectivity index (χ3n) is 1.68. The number of pyridine rings is 1. The Bertz CT molecular complexity index is 439. The van der Waals surface area contributed by atoms with Gasteiger partial charge in [0, 0.05) is 6.20 Å². The summed E-state index contributed by atoms with van der Waals surface area (Å²) in [5.41, 5.74) is 0.953. The maximum atomic E-state index is 13.1. The molecule has 2 aromatic heterocycles. The average molecular weight is 219 g/mol. The minimum absolute atomic E-state index is 0.384. The van der Waals surface area contributed by atoms with Gasteiger partial charge in [-0.15, -0.1) is 0 Å². The fraction of sp³-hybridized carbons (Fsp3) is 0.125. The molecule has 0 spiro atoms. The van der Waals surface area contributed by atoms with Gasteiger partial charge < -0.3 is 0 Å². The molecular weight excluding hydrogens is 214 g/mol. The smallest absolute Gasteiger partial charge is 0.199 e. The minimum Gasteiger partial charge on any atom is -0.276 e. The fourth-order valence-corrected chi connectivity index (χ4v) is 1.31. The van der Waals surface area contributed by atoms with Crippen LogP contribution in [0.2, 0.25) is 0 Å². The molecule has 0 aliphatic heterocycles. The molecule has 0 amide bonds. The van der Waals surface area contributed by atoms with Crippen molar-refractivity contribution in [2.24, 2.45) is 0 Å². The lowest BCUT2D eigenvalue weighted by Crippen LogP contribution is -1.88. The Morgan fingerprint density at radius 2 is 2.15 bits per heavy atom. The Balaban J connectivity index is 2.68. The number of aromatic nitrogens is 2. The van der Waals surface area contributed by atoms with Gasteiger partial charge in [-0.2, -0.15) is 4.39 Å². The van der Waals surface area contributed by atoms with E-state index in [0.29, 0.717) is 11.3 Å². The fourth-order valence-electron chi connectivity index (χ4n) is 1.10. The quantitative estimate of drug-likeness (QED) is 0.532. The topological polar surface area (TPSA) is 17.3 Å². The monoisotopic (exact) mass is 218 g/mol. The molecule has 2 aromatic rings. The number of hydrogen-bond donors (Lipinski definition) is 0. The summed E-state index contributed by atoms with van der Waals surface area (Å²) in [6.45, 7) is 0. The second kappa shape index (κ2) is 3.16. The lowest BCUT2D eigenvalue weighted by Gasteiger charge is -1.92. The third-order valence-corrected chi connectivity index (χ3v) is 2.13. The first-order valence-electron chi connectivity index (χ1n) is 3.60. The predicted molar refractivity (Wildman–Crippen MR) is 49.6 cm³/mol. The van der Waals surface area contributed by atoms with E-state index in [0.717, 1.165) is 0 Å². The van der Waals surface area contributed by atoms with E-state index in [-0.39, 0.29) is 5.95 Å². The summed E-state index contributed by atoms with van der Waals surface area (Å²) in [6.07, 6.45) is 1.48. The Kier molecular flexibility index (Phi) is 2.14. The summed E-state index contributed by atoms with van der Waals surface area (Å²) in [5.74, 6) is -0.384. The van der Waals surface area contributed by atoms with E-state index in [9.17, 15) is 4.39 Å². The Morgan fingerprint density at radius 3 is 2.77 bits per heavy atom. The van der Waals surface area contributed by atoms with E-state index in [2.05, 4.69) is 4.98 Å². The maximum Gasteiger partial charge on any atom is 0.199 e. The molecule has 0 bridgehead atoms. The van der Waals surface area contributed by atoms with Crippen LogP contribution >= 0.6 is 23.2 Å². The van der Waals surface area contributed by atoms with Crippen LogP contribution in [0.3, 0.4) is 0 Å². The number of alkyl halides is 2. The van der Waals surface area contributed by atoms with Gasteiger partial charge in [0.15, 0.2) is 10.8 Å². The zero-order valence-corrected chi connectivity index (χ0v) is 7.93. The van der Waals surface area contributed by atoms with Crippen molar-refractivity contribution in [3.8, 4) is 0 Å². The molecule has 0 saturated heterocycles. The predicted octanol–water partition coefficient (Wildman–Crippen LogP) is 2.95. The van der Waals surface area contributed by atoms with E-state index >= 15 is 0 Å². The summed E-state index contributed by atoms with van der Waals surface area (Å²) in [5, 5.41) is 0. The van der Waals surface area contributed by atoms with Crippen LogP contribution in [0.5, 0.6) is 0 Å². The molecule has 68 valence electrons. The molecular formula is C8H5Cl2FN2. The van der Waals surface area contributed by atoms with Crippen LogP contribution in [0.15, 0.2) is 24.4 Å². The molecule has 2 nitrogen and oxygen atoms in total. The van der Waals surface area contributed by atoms with Crippen molar-refractivity contribution in [3.63, 3.8) is 0 Å². The first-order chi connectivity index (χ1) is 6.18. The van der Waals surface area contributed by atoms with Gasteiger partial charge in [-0.05, 0) is 12.1 Å². The summed E-state index contributed by atoms with van der Waals surface area (Å²) >= 11 is 11.2. The second-order valence-electron chi connectivity index (χ2n) is 2.54. The number of nitrogens with zero attached hydrogens (tertiary/aromatic N) is 2. The summed E-state index contributed by atoms with van der Waals surface area (Å²) < 4.78 is 14.4. The van der Waals surface area contributed by atoms with Gasteiger partial charge in [0.2, 0.25) is 0 Å². The highest BCUT2D eigenvalue weighted by atomic mass is 35.5. The van der Waals surface area contributed by atoms with Crippen molar-refractivity contribution in [2.45, 2.75) is 4.84 Å². The van der Waals surface area contributed by atoms with Crippen LogP contribution in [0.4, 0.5) is 4.39 Å². The molecule has 0 aliphatic rings. The van der Waals surface area contributed by atoms with Crippen LogP contribution in [0.25, 0.3) is 5.65 Å². The van der Waals surface area contributed by atoms with Crippen molar-refractivity contribution in [2.75, 3.05) is 0 Å². The normalized spacial score (nSPS) is 11.4. The number of imidazole rings is 1. The van der Waals surface area contributed by atoms with Gasteiger partial charge in [0.25, 0.3) is 0 Å². The molecule has 0 N–H and O–H groups in total. The summed E-state index contributed by atoms with van der Waals surface area (Å²) in [4.78, 5) is 3.31. The zero-order valence-electron chi connectivity index (χ0n) is 6.42. The molecule has 0 radical (unpaired) electrons. The SMILES string of the molecule is Fc1cccc2nc(C(Cl)Cl)cn12. The molecule has 5 heteroatoms. The van der Waals surface area contributed by atoms with Crippen molar-refractivity contribution in [1.29, 1.82) is 0 Å². The van der Waals surface area contributed by atoms with Crippen molar-refractivity contribution in [3.05, 3.63) is 36.0 Å². The van der Waals surface area contributed by atoms with Gasteiger partial charge in [-0.25, -0.2) is 4.98 Å². The van der Waals surface area contributed by atoms with Crippen LogP contribution in [0, 0.1) is 5.95 Å². The van der Waals surface area contributed by atoms with Crippen molar-refractivity contribution >= 4 is 28.8 Å². The van der Waals surface area contributed by atoms with Crippen LogP contribution in [-0.2, 0) is 0 Å². The highest BCUT2D eigenvalue weighted by molar-refractivity contribution is 6.43. The molecule has 0 unspecified atom stereocenters. The van der Waals surface area contributed by atoms with Crippen molar-refractivity contribution in [1.82, 2.24) is 9.38 Å². The Labute approximate surface area is 83.9 Å². The molecule has 2 heterocycles. The van der Waals surface area contributed by atoms with Gasteiger partial charge in [0.1, 0.15) is 5.65 Å². The van der Waals surface area contributed by atoms with Crippen LogP contribution < -0.4 is 0 Å². The zero-order chi connectivity index (χ0) is 9.42. The second-order valence-corrected chi connectivity index (χ2v) is 3.64. The van der Waals surface area contributed by atoms with Crippen LogP contribution in [0.1, 0.15) is 10.5 Å². The Morgan fingerprint density at radius 1 is 1.38 bits per heavy atom. The largest absolute Gasteiger partial charge is 0.276 e. The van der Waals surface area contributed by atoms with Gasteiger partial charge in [-0.3, -0.25) is 4.40 Å². The molecule has 2 rings (SSSR count). The number of hydrogen-bond acceptors (Lipinski definition) is 1. The molecule has 0 atom stereocenters. The number of rotatable bonds is 1. The lowest BCUT2D eigenvalue weighted by molar-refractivity contribution is 0.567. The van der Waals surface area contributed by atoms with E-state index in [4.69, 9.17) is 23.2 Å². The van der Waals surface area contributed by atoms with E-state index in [1.807, 2.05) is 0 Å². The maximum absolute atomic E-state index is 13.1. The van der Waals surface area contributed by atoms with E-state index in [1.54, 1.807) is 12.1 Å².